The molecule has 0 heterocycles. The molecule has 182 valence electrons. The van der Waals surface area contributed by atoms with Crippen molar-refractivity contribution in [3.8, 4) is 0 Å². The smallest absolute Gasteiger partial charge is 0.243 e. The van der Waals surface area contributed by atoms with E-state index in [-0.39, 0.29) is 30.8 Å². The third-order valence-electron chi connectivity index (χ3n) is 6.54. The topological polar surface area (TPSA) is 49.4 Å². The maximum absolute atomic E-state index is 13.8. The van der Waals surface area contributed by atoms with Crippen LogP contribution in [-0.4, -0.2) is 28.8 Å². The fourth-order valence-corrected chi connectivity index (χ4v) is 4.93. The van der Waals surface area contributed by atoms with Crippen LogP contribution in [0.4, 0.5) is 0 Å². The Hall–Kier alpha value is -2.82. The summed E-state index contributed by atoms with van der Waals surface area (Å²) in [5, 5.41) is 4.42. The highest BCUT2D eigenvalue weighted by atomic mass is 35.5. The molecule has 0 aromatic heterocycles. The van der Waals surface area contributed by atoms with Crippen molar-refractivity contribution in [1.82, 2.24) is 10.2 Å². The van der Waals surface area contributed by atoms with Gasteiger partial charge in [-0.15, -0.1) is 0 Å². The average Bonchev–Trinajstić information content (AvgIpc) is 3.37. The zero-order valence-corrected chi connectivity index (χ0v) is 21.1. The van der Waals surface area contributed by atoms with Crippen LogP contribution >= 0.6 is 23.2 Å². The first-order valence-corrected chi connectivity index (χ1v) is 12.9. The van der Waals surface area contributed by atoms with Crippen molar-refractivity contribution in [1.29, 1.82) is 0 Å². The summed E-state index contributed by atoms with van der Waals surface area (Å²) in [6.45, 7) is 0.252. The Labute approximate surface area is 217 Å². The molecule has 4 rings (SSSR count). The Morgan fingerprint density at radius 1 is 0.857 bits per heavy atom. The van der Waals surface area contributed by atoms with E-state index in [0.717, 1.165) is 42.4 Å². The summed E-state index contributed by atoms with van der Waals surface area (Å²) in [7, 11) is 0. The Balaban J connectivity index is 1.66. The monoisotopic (exact) mass is 508 g/mol. The van der Waals surface area contributed by atoms with Crippen molar-refractivity contribution >= 4 is 35.0 Å². The van der Waals surface area contributed by atoms with E-state index < -0.39 is 6.04 Å². The van der Waals surface area contributed by atoms with Gasteiger partial charge in [-0.2, -0.15) is 0 Å². The van der Waals surface area contributed by atoms with Crippen LogP contribution in [0, 0.1) is 0 Å². The molecule has 3 aromatic carbocycles. The van der Waals surface area contributed by atoms with Gasteiger partial charge < -0.3 is 10.2 Å². The Morgan fingerprint density at radius 3 is 2.20 bits per heavy atom. The minimum Gasteiger partial charge on any atom is -0.352 e. The van der Waals surface area contributed by atoms with Crippen LogP contribution in [0.5, 0.6) is 0 Å². The average molecular weight is 509 g/mol. The summed E-state index contributed by atoms with van der Waals surface area (Å²) < 4.78 is 0. The number of carbonyl (C=O) groups is 2. The maximum Gasteiger partial charge on any atom is 0.243 e. The van der Waals surface area contributed by atoms with Crippen molar-refractivity contribution in [2.24, 2.45) is 0 Å². The first-order valence-electron chi connectivity index (χ1n) is 12.1. The third kappa shape index (κ3) is 7.09. The van der Waals surface area contributed by atoms with Crippen molar-refractivity contribution in [3.63, 3.8) is 0 Å². The lowest BCUT2D eigenvalue weighted by atomic mass is 10.0. The molecule has 1 saturated carbocycles. The normalized spacial score (nSPS) is 14.5. The van der Waals surface area contributed by atoms with Crippen LogP contribution < -0.4 is 5.32 Å². The van der Waals surface area contributed by atoms with Gasteiger partial charge in [0.1, 0.15) is 6.04 Å². The molecule has 0 saturated heterocycles. The van der Waals surface area contributed by atoms with E-state index in [4.69, 9.17) is 23.2 Å². The number of benzene rings is 3. The quantitative estimate of drug-likeness (QED) is 0.372. The summed E-state index contributed by atoms with van der Waals surface area (Å²) in [6.07, 6.45) is 4.79. The van der Waals surface area contributed by atoms with E-state index in [2.05, 4.69) is 5.32 Å². The molecule has 1 N–H and O–H groups in total. The number of nitrogens with one attached hydrogen (secondary N) is 1. The number of nitrogens with zero attached hydrogens (tertiary/aromatic N) is 1. The molecular weight excluding hydrogens is 479 g/mol. The Morgan fingerprint density at radius 2 is 1.51 bits per heavy atom. The molecular formula is C29H30Cl2N2O2. The number of hydrogen-bond donors (Lipinski definition) is 1. The van der Waals surface area contributed by atoms with Crippen LogP contribution in [-0.2, 0) is 29.0 Å². The molecule has 0 spiro atoms. The molecule has 1 aliphatic rings. The predicted octanol–water partition coefficient (Wildman–Crippen LogP) is 6.23. The second-order valence-corrected chi connectivity index (χ2v) is 9.96. The van der Waals surface area contributed by atoms with E-state index in [0.29, 0.717) is 16.5 Å². The highest BCUT2D eigenvalue weighted by Gasteiger charge is 2.32. The fraction of sp³-hybridized carbons (Fsp3) is 0.310. The molecule has 1 atom stereocenters. The minimum absolute atomic E-state index is 0.114. The maximum atomic E-state index is 13.8. The largest absolute Gasteiger partial charge is 0.352 e. The van der Waals surface area contributed by atoms with Crippen LogP contribution in [0.3, 0.4) is 0 Å². The molecule has 1 aliphatic carbocycles. The SMILES string of the molecule is O=C(NC1CCCC1)[C@@H](Cc1ccccc1)N(Cc1ccccc1Cl)C(=O)Cc1ccc(Cl)cc1. The van der Waals surface area contributed by atoms with Crippen LogP contribution in [0.25, 0.3) is 0 Å². The van der Waals surface area contributed by atoms with Crippen LogP contribution in [0.2, 0.25) is 10.0 Å². The lowest BCUT2D eigenvalue weighted by molar-refractivity contribution is -0.141. The highest BCUT2D eigenvalue weighted by molar-refractivity contribution is 6.31. The number of amides is 2. The van der Waals surface area contributed by atoms with E-state index in [1.807, 2.05) is 66.7 Å². The number of hydrogen-bond acceptors (Lipinski definition) is 2. The molecule has 0 bridgehead atoms. The van der Waals surface area contributed by atoms with Gasteiger partial charge in [0.2, 0.25) is 11.8 Å². The minimum atomic E-state index is -0.658. The fourth-order valence-electron chi connectivity index (χ4n) is 4.61. The highest BCUT2D eigenvalue weighted by Crippen LogP contribution is 2.23. The first-order chi connectivity index (χ1) is 17.0. The second-order valence-electron chi connectivity index (χ2n) is 9.11. The number of halogens is 2. The predicted molar refractivity (Wildman–Crippen MR) is 141 cm³/mol. The Bertz CT molecular complexity index is 1130. The van der Waals surface area contributed by atoms with Gasteiger partial charge in [0.15, 0.2) is 0 Å². The van der Waals surface area contributed by atoms with Gasteiger partial charge >= 0.3 is 0 Å². The number of rotatable bonds is 9. The zero-order valence-electron chi connectivity index (χ0n) is 19.6. The van der Waals surface area contributed by atoms with E-state index in [1.54, 1.807) is 17.0 Å². The zero-order chi connectivity index (χ0) is 24.6. The van der Waals surface area contributed by atoms with Gasteiger partial charge in [0, 0.05) is 29.1 Å². The molecule has 35 heavy (non-hydrogen) atoms. The summed E-state index contributed by atoms with van der Waals surface area (Å²) in [5.74, 6) is -0.244. The first kappa shape index (κ1) is 25.3. The standard InChI is InChI=1S/C29H30Cl2N2O2/c30-24-16-14-22(15-17-24)19-28(34)33(20-23-10-4-7-13-26(23)31)27(18-21-8-2-1-3-9-21)29(35)32-25-11-5-6-12-25/h1-4,7-10,13-17,25,27H,5-6,11-12,18-20H2,(H,32,35)/t27-/m1/s1. The van der Waals surface area contributed by atoms with E-state index in [1.165, 1.54) is 0 Å². The van der Waals surface area contributed by atoms with Crippen molar-refractivity contribution in [2.75, 3.05) is 0 Å². The number of carbonyl (C=O) groups excluding carboxylic acids is 2. The van der Waals surface area contributed by atoms with Gasteiger partial charge in [-0.05, 0) is 47.7 Å². The second kappa shape index (κ2) is 12.2. The van der Waals surface area contributed by atoms with Gasteiger partial charge in [0.05, 0.1) is 6.42 Å². The van der Waals surface area contributed by atoms with Gasteiger partial charge in [-0.25, -0.2) is 0 Å². The molecule has 1 fully saturated rings. The summed E-state index contributed by atoms with van der Waals surface area (Å²) in [5.41, 5.74) is 2.66. The van der Waals surface area contributed by atoms with Crippen LogP contribution in [0.1, 0.15) is 42.4 Å². The van der Waals surface area contributed by atoms with Gasteiger partial charge in [-0.1, -0.05) is 96.7 Å². The molecule has 0 unspecified atom stereocenters. The van der Waals surface area contributed by atoms with Crippen LogP contribution in [0.15, 0.2) is 78.9 Å². The van der Waals surface area contributed by atoms with Crippen molar-refractivity contribution in [2.45, 2.75) is 57.2 Å². The Kier molecular flexibility index (Phi) is 8.84. The molecule has 4 nitrogen and oxygen atoms in total. The van der Waals surface area contributed by atoms with E-state index >= 15 is 0 Å². The molecule has 3 aromatic rings. The van der Waals surface area contributed by atoms with Crippen molar-refractivity contribution < 1.29 is 9.59 Å². The molecule has 0 radical (unpaired) electrons. The lowest BCUT2D eigenvalue weighted by Crippen LogP contribution is -2.52. The summed E-state index contributed by atoms with van der Waals surface area (Å²) in [4.78, 5) is 29.1. The molecule has 0 aliphatic heterocycles. The van der Waals surface area contributed by atoms with E-state index in [9.17, 15) is 9.59 Å². The van der Waals surface area contributed by atoms with Gasteiger partial charge in [-0.3, -0.25) is 9.59 Å². The lowest BCUT2D eigenvalue weighted by Gasteiger charge is -2.32. The summed E-state index contributed by atoms with van der Waals surface area (Å²) in [6, 6.07) is 24.1. The molecule has 2 amide bonds. The van der Waals surface area contributed by atoms with Crippen molar-refractivity contribution in [3.05, 3.63) is 106 Å². The third-order valence-corrected chi connectivity index (χ3v) is 7.16. The van der Waals surface area contributed by atoms with Gasteiger partial charge in [0.25, 0.3) is 0 Å². The summed E-state index contributed by atoms with van der Waals surface area (Å²) >= 11 is 12.5. The molecule has 6 heteroatoms.